The Hall–Kier alpha value is -4.57. The van der Waals surface area contributed by atoms with Crippen LogP contribution in [0.5, 0.6) is 5.75 Å². The lowest BCUT2D eigenvalue weighted by Crippen LogP contribution is -2.24. The zero-order valence-electron chi connectivity index (χ0n) is 22.3. The second kappa shape index (κ2) is 13.3. The van der Waals surface area contributed by atoms with Crippen LogP contribution in [0.2, 0.25) is 0 Å². The van der Waals surface area contributed by atoms with E-state index in [-0.39, 0.29) is 17.6 Å². The Bertz CT molecular complexity index is 1340. The molecular formula is C32H32N2O5. The minimum absolute atomic E-state index is 0.0586. The Balaban J connectivity index is 1.30. The number of hydrogen-bond donors (Lipinski definition) is 0. The number of unbranched alkanes of at least 4 members (excludes halogenated alkanes) is 1. The molecule has 200 valence electrons. The fourth-order valence-corrected chi connectivity index (χ4v) is 4.35. The molecule has 1 aliphatic heterocycles. The van der Waals surface area contributed by atoms with Crippen LogP contribution in [0.3, 0.4) is 0 Å². The van der Waals surface area contributed by atoms with E-state index in [9.17, 15) is 9.59 Å². The molecule has 0 spiro atoms. The minimum Gasteiger partial charge on any atom is -0.494 e. The summed E-state index contributed by atoms with van der Waals surface area (Å²) in [5, 5.41) is 9.13. The Kier molecular flexibility index (Phi) is 9.36. The number of benzene rings is 3. The molecule has 1 atom stereocenters. The van der Waals surface area contributed by atoms with Gasteiger partial charge < -0.3 is 19.1 Å². The summed E-state index contributed by atoms with van der Waals surface area (Å²) in [6.07, 6.45) is 4.16. The highest BCUT2D eigenvalue weighted by atomic mass is 16.5. The normalized spacial score (nSPS) is 14.9. The molecule has 7 nitrogen and oxygen atoms in total. The molecule has 7 heteroatoms. The molecule has 1 fully saturated rings. The number of nitriles is 1. The van der Waals surface area contributed by atoms with Crippen molar-refractivity contribution in [1.29, 1.82) is 5.26 Å². The molecule has 0 bridgehead atoms. The largest absolute Gasteiger partial charge is 0.494 e. The monoisotopic (exact) mass is 524 g/mol. The molecule has 1 heterocycles. The highest BCUT2D eigenvalue weighted by Crippen LogP contribution is 2.26. The van der Waals surface area contributed by atoms with Gasteiger partial charge in [-0.3, -0.25) is 0 Å². The SMILES string of the molecule is CCCCOc1ccc(-c2ccc(C(=O)OC3CCN(c4ccc(/C=C(/C#N)C(=O)OC)cc4)C3)cc2)cc1. The van der Waals surface area contributed by atoms with Crippen molar-refractivity contribution in [3.8, 4) is 22.9 Å². The first-order chi connectivity index (χ1) is 19.0. The van der Waals surface area contributed by atoms with Gasteiger partial charge in [0.05, 0.1) is 25.8 Å². The molecule has 3 aromatic carbocycles. The number of carbonyl (C=O) groups excluding carboxylic acids is 2. The number of rotatable bonds is 10. The number of ether oxygens (including phenoxy) is 3. The van der Waals surface area contributed by atoms with Crippen molar-refractivity contribution in [3.63, 3.8) is 0 Å². The van der Waals surface area contributed by atoms with Gasteiger partial charge in [-0.15, -0.1) is 0 Å². The zero-order valence-corrected chi connectivity index (χ0v) is 22.3. The number of hydrogen-bond acceptors (Lipinski definition) is 7. The van der Waals surface area contributed by atoms with Gasteiger partial charge in [0, 0.05) is 18.7 Å². The average molecular weight is 525 g/mol. The topological polar surface area (TPSA) is 88.9 Å². The van der Waals surface area contributed by atoms with Crippen molar-refractivity contribution >= 4 is 23.7 Å². The molecule has 1 unspecified atom stereocenters. The highest BCUT2D eigenvalue weighted by Gasteiger charge is 2.26. The van der Waals surface area contributed by atoms with Gasteiger partial charge in [0.1, 0.15) is 23.5 Å². The van der Waals surface area contributed by atoms with Crippen molar-refractivity contribution < 1.29 is 23.8 Å². The van der Waals surface area contributed by atoms with Crippen LogP contribution in [-0.2, 0) is 14.3 Å². The van der Waals surface area contributed by atoms with Gasteiger partial charge >= 0.3 is 11.9 Å². The first-order valence-corrected chi connectivity index (χ1v) is 13.1. The summed E-state index contributed by atoms with van der Waals surface area (Å²) in [6, 6.07) is 24.8. The lowest BCUT2D eigenvalue weighted by molar-refractivity contribution is -0.135. The summed E-state index contributed by atoms with van der Waals surface area (Å²) in [5.41, 5.74) is 4.24. The van der Waals surface area contributed by atoms with Crippen LogP contribution in [0.15, 0.2) is 78.4 Å². The second-order valence-corrected chi connectivity index (χ2v) is 9.32. The molecule has 0 radical (unpaired) electrons. The maximum atomic E-state index is 12.8. The molecule has 0 N–H and O–H groups in total. The van der Waals surface area contributed by atoms with E-state index >= 15 is 0 Å². The van der Waals surface area contributed by atoms with Gasteiger partial charge in [-0.25, -0.2) is 9.59 Å². The van der Waals surface area contributed by atoms with Crippen molar-refractivity contribution in [2.45, 2.75) is 32.3 Å². The molecule has 0 amide bonds. The van der Waals surface area contributed by atoms with Crippen LogP contribution in [0.4, 0.5) is 5.69 Å². The fraction of sp³-hybridized carbons (Fsp3) is 0.281. The fourth-order valence-electron chi connectivity index (χ4n) is 4.35. The van der Waals surface area contributed by atoms with Crippen LogP contribution in [0.25, 0.3) is 17.2 Å². The number of methoxy groups -OCH3 is 1. The predicted octanol–water partition coefficient (Wildman–Crippen LogP) is 6.05. The van der Waals surface area contributed by atoms with E-state index in [0.717, 1.165) is 60.5 Å². The van der Waals surface area contributed by atoms with Crippen molar-refractivity contribution in [2.75, 3.05) is 31.7 Å². The summed E-state index contributed by atoms with van der Waals surface area (Å²) >= 11 is 0. The molecular weight excluding hydrogens is 492 g/mol. The summed E-state index contributed by atoms with van der Waals surface area (Å²) in [6.45, 7) is 4.21. The Morgan fingerprint density at radius 2 is 1.67 bits per heavy atom. The van der Waals surface area contributed by atoms with Gasteiger partial charge in [-0.2, -0.15) is 5.26 Å². The number of carbonyl (C=O) groups is 2. The molecule has 39 heavy (non-hydrogen) atoms. The summed E-state index contributed by atoms with van der Waals surface area (Å²) in [4.78, 5) is 26.6. The highest BCUT2D eigenvalue weighted by molar-refractivity contribution is 5.97. The van der Waals surface area contributed by atoms with E-state index < -0.39 is 5.97 Å². The van der Waals surface area contributed by atoms with Crippen LogP contribution in [0.1, 0.15) is 42.1 Å². The summed E-state index contributed by atoms with van der Waals surface area (Å²) in [7, 11) is 1.24. The third-order valence-corrected chi connectivity index (χ3v) is 6.59. The van der Waals surface area contributed by atoms with E-state index in [1.807, 2.05) is 66.7 Å². The van der Waals surface area contributed by atoms with Gasteiger partial charge in [0.2, 0.25) is 0 Å². The number of esters is 2. The van der Waals surface area contributed by atoms with Gasteiger partial charge in [0.15, 0.2) is 0 Å². The quantitative estimate of drug-likeness (QED) is 0.138. The molecule has 3 aromatic rings. The van der Waals surface area contributed by atoms with E-state index in [1.54, 1.807) is 12.1 Å². The van der Waals surface area contributed by atoms with E-state index in [0.29, 0.717) is 12.1 Å². The third-order valence-electron chi connectivity index (χ3n) is 6.59. The molecule has 0 aromatic heterocycles. The summed E-state index contributed by atoms with van der Waals surface area (Å²) in [5.74, 6) is -0.139. The second-order valence-electron chi connectivity index (χ2n) is 9.32. The molecule has 1 aliphatic rings. The molecule has 1 saturated heterocycles. The Labute approximate surface area is 229 Å². The van der Waals surface area contributed by atoms with Crippen molar-refractivity contribution in [3.05, 3.63) is 89.5 Å². The van der Waals surface area contributed by atoms with Gasteiger partial charge in [-0.05, 0) is 65.6 Å². The Morgan fingerprint density at radius 3 is 2.28 bits per heavy atom. The first kappa shape index (κ1) is 27.5. The van der Waals surface area contributed by atoms with Gasteiger partial charge in [0.25, 0.3) is 0 Å². The van der Waals surface area contributed by atoms with E-state index in [4.69, 9.17) is 14.7 Å². The molecule has 0 aliphatic carbocycles. The smallest absolute Gasteiger partial charge is 0.348 e. The average Bonchev–Trinajstić information content (AvgIpc) is 3.44. The van der Waals surface area contributed by atoms with Crippen LogP contribution in [-0.4, -0.2) is 44.8 Å². The standard InChI is InChI=1S/C32H32N2O5/c1-3-4-19-38-29-15-11-25(12-16-29)24-7-9-26(10-8-24)32(36)39-30-17-18-34(22-30)28-13-5-23(6-14-28)20-27(21-33)31(35)37-2/h5-16,20,30H,3-4,17-19,22H2,1-2H3/b27-20-. The van der Waals surface area contributed by atoms with Crippen molar-refractivity contribution in [1.82, 2.24) is 0 Å². The first-order valence-electron chi connectivity index (χ1n) is 13.1. The molecule has 4 rings (SSSR count). The Morgan fingerprint density at radius 1 is 1.00 bits per heavy atom. The maximum Gasteiger partial charge on any atom is 0.348 e. The van der Waals surface area contributed by atoms with E-state index in [2.05, 4.69) is 16.6 Å². The summed E-state index contributed by atoms with van der Waals surface area (Å²) < 4.78 is 16.1. The number of anilines is 1. The maximum absolute atomic E-state index is 12.8. The number of nitrogens with zero attached hydrogens (tertiary/aromatic N) is 2. The van der Waals surface area contributed by atoms with Crippen LogP contribution >= 0.6 is 0 Å². The van der Waals surface area contributed by atoms with Gasteiger partial charge in [-0.1, -0.05) is 49.7 Å². The van der Waals surface area contributed by atoms with Crippen LogP contribution < -0.4 is 9.64 Å². The molecule has 0 saturated carbocycles. The van der Waals surface area contributed by atoms with Crippen LogP contribution in [0, 0.1) is 11.3 Å². The van der Waals surface area contributed by atoms with E-state index in [1.165, 1.54) is 13.2 Å². The minimum atomic E-state index is -0.664. The zero-order chi connectivity index (χ0) is 27.6. The van der Waals surface area contributed by atoms with Crippen molar-refractivity contribution in [2.24, 2.45) is 0 Å². The third kappa shape index (κ3) is 7.26. The lowest BCUT2D eigenvalue weighted by Gasteiger charge is -2.19. The predicted molar refractivity (Wildman–Crippen MR) is 150 cm³/mol. The lowest BCUT2D eigenvalue weighted by atomic mass is 10.0.